The van der Waals surface area contributed by atoms with Crippen molar-refractivity contribution >= 4 is 34.6 Å². The van der Waals surface area contributed by atoms with Crippen molar-refractivity contribution in [2.24, 2.45) is 5.41 Å². The number of likely N-dealkylation sites (N-methyl/N-ethyl adjacent to an activating group) is 1. The highest BCUT2D eigenvalue weighted by molar-refractivity contribution is 5.96. The molecule has 0 aliphatic heterocycles. The lowest BCUT2D eigenvalue weighted by atomic mass is 9.87. The van der Waals surface area contributed by atoms with Crippen molar-refractivity contribution in [3.63, 3.8) is 0 Å². The van der Waals surface area contributed by atoms with Crippen LogP contribution in [-0.4, -0.2) is 62.6 Å². The Balaban J connectivity index is 1.78. The minimum absolute atomic E-state index is 0.0370. The number of halogens is 1. The summed E-state index contributed by atoms with van der Waals surface area (Å²) in [5.74, 6) is -0.897. The lowest BCUT2D eigenvalue weighted by molar-refractivity contribution is -0.123. The quantitative estimate of drug-likeness (QED) is 0.282. The Morgan fingerprint density at radius 3 is 2.62 bits per heavy atom. The van der Waals surface area contributed by atoms with Crippen molar-refractivity contribution in [2.75, 3.05) is 19.4 Å². The van der Waals surface area contributed by atoms with Gasteiger partial charge >= 0.3 is 6.09 Å². The van der Waals surface area contributed by atoms with Crippen molar-refractivity contribution < 1.29 is 23.9 Å². The minimum atomic E-state index is -1.40. The molecule has 0 aliphatic carbocycles. The average Bonchev–Trinajstić information content (AvgIpc) is 3.24. The molecule has 12 heteroatoms. The summed E-state index contributed by atoms with van der Waals surface area (Å²) in [7, 11) is 3.19. The van der Waals surface area contributed by atoms with E-state index >= 15 is 0 Å². The number of aromatic amines is 1. The lowest BCUT2D eigenvalue weighted by Crippen LogP contribution is -2.44. The molecule has 0 radical (unpaired) electrons. The maximum Gasteiger partial charge on any atom is 0.405 e. The maximum atomic E-state index is 14.3. The third-order valence-electron chi connectivity index (χ3n) is 5.94. The molecule has 11 nitrogen and oxygen atoms in total. The summed E-state index contributed by atoms with van der Waals surface area (Å²) in [4.78, 5) is 58.0. The zero-order valence-corrected chi connectivity index (χ0v) is 23.2. The zero-order valence-electron chi connectivity index (χ0n) is 23.2. The van der Waals surface area contributed by atoms with Crippen LogP contribution < -0.4 is 16.2 Å². The van der Waals surface area contributed by atoms with Crippen LogP contribution in [-0.2, 0) is 22.6 Å². The molecule has 40 heavy (non-hydrogen) atoms. The largest absolute Gasteiger partial charge is 0.465 e. The number of amides is 3. The summed E-state index contributed by atoms with van der Waals surface area (Å²) in [6.07, 6.45) is 3.95. The Labute approximate surface area is 231 Å². The number of nitrogens with one attached hydrogen (secondary N) is 3. The van der Waals surface area contributed by atoms with Crippen LogP contribution in [0.3, 0.4) is 0 Å². The van der Waals surface area contributed by atoms with Crippen molar-refractivity contribution in [1.82, 2.24) is 24.8 Å². The summed E-state index contributed by atoms with van der Waals surface area (Å²) in [6.45, 7) is 6.19. The van der Waals surface area contributed by atoms with Gasteiger partial charge in [-0.15, -0.1) is 0 Å². The average molecular weight is 555 g/mol. The Kier molecular flexibility index (Phi) is 9.46. The third kappa shape index (κ3) is 8.26. The highest BCUT2D eigenvalue weighted by Gasteiger charge is 2.22. The lowest BCUT2D eigenvalue weighted by Gasteiger charge is -2.18. The van der Waals surface area contributed by atoms with Gasteiger partial charge in [-0.3, -0.25) is 14.4 Å². The number of allylic oxidation sites excluding steroid dienone is 1. The fraction of sp³-hybridized carbons (Fsp3) is 0.393. The molecule has 2 aromatic heterocycles. The number of carbonyl (C=O) groups is 3. The highest BCUT2D eigenvalue weighted by atomic mass is 19.1. The van der Waals surface area contributed by atoms with E-state index in [1.807, 2.05) is 0 Å². The first-order chi connectivity index (χ1) is 18.7. The molecule has 0 bridgehead atoms. The molecule has 1 aromatic carbocycles. The number of carbonyl (C=O) groups excluding carboxylic acids is 2. The number of imidazole rings is 1. The van der Waals surface area contributed by atoms with Gasteiger partial charge < -0.3 is 30.2 Å². The van der Waals surface area contributed by atoms with Gasteiger partial charge in [0.05, 0.1) is 17.6 Å². The van der Waals surface area contributed by atoms with Crippen LogP contribution >= 0.6 is 0 Å². The standard InChI is InChI=1S/C28H35FN6O5/c1-28(2,3)15-17-13-18(29)14-21-24(17)33-22(30-21)16-35-12-8-10-20(26(35)38)31-25(37)19(32-27(39)40)9-6-7-11-23(36)34(4)5/h7-8,10-14,19,32H,6,9,15-16H2,1-5H3,(H,30,33)(H,31,37)(H,39,40). The summed E-state index contributed by atoms with van der Waals surface area (Å²) in [5, 5.41) is 13.8. The molecule has 214 valence electrons. The smallest absolute Gasteiger partial charge is 0.405 e. The molecule has 4 N–H and O–H groups in total. The minimum Gasteiger partial charge on any atom is -0.465 e. The first-order valence-electron chi connectivity index (χ1n) is 12.8. The molecule has 0 saturated heterocycles. The van der Waals surface area contributed by atoms with E-state index < -0.39 is 23.6 Å². The fourth-order valence-corrected chi connectivity index (χ4v) is 4.13. The summed E-state index contributed by atoms with van der Waals surface area (Å²) in [5.41, 5.74) is 1.26. The van der Waals surface area contributed by atoms with Crippen molar-refractivity contribution in [1.29, 1.82) is 0 Å². The normalized spacial score (nSPS) is 12.4. The molecule has 3 aromatic rings. The SMILES string of the molecule is CN(C)C(=O)C=CCCC(NC(=O)O)C(=O)Nc1cccn(Cc2nc3c(CC(C)(C)C)cc(F)cc3[nH]2)c1=O. The molecule has 3 amide bonds. The second-order valence-corrected chi connectivity index (χ2v) is 10.9. The van der Waals surface area contributed by atoms with Gasteiger partial charge in [0, 0.05) is 20.3 Å². The molecule has 2 heterocycles. The maximum absolute atomic E-state index is 14.3. The summed E-state index contributed by atoms with van der Waals surface area (Å²) < 4.78 is 15.6. The topological polar surface area (TPSA) is 149 Å². The van der Waals surface area contributed by atoms with Gasteiger partial charge in [0.1, 0.15) is 23.4 Å². The van der Waals surface area contributed by atoms with Crippen LogP contribution in [0.5, 0.6) is 0 Å². The highest BCUT2D eigenvalue weighted by Crippen LogP contribution is 2.27. The predicted octanol–water partition coefficient (Wildman–Crippen LogP) is 3.50. The number of nitrogens with zero attached hydrogens (tertiary/aromatic N) is 3. The number of pyridine rings is 1. The van der Waals surface area contributed by atoms with E-state index in [9.17, 15) is 23.6 Å². The molecule has 0 spiro atoms. The number of hydrogen-bond acceptors (Lipinski definition) is 5. The molecule has 0 fully saturated rings. The summed E-state index contributed by atoms with van der Waals surface area (Å²) in [6, 6.07) is 4.66. The van der Waals surface area contributed by atoms with Crippen LogP contribution in [0.4, 0.5) is 14.9 Å². The van der Waals surface area contributed by atoms with Gasteiger partial charge in [0.15, 0.2) is 0 Å². The molecule has 0 aliphatic rings. The molecular weight excluding hydrogens is 519 g/mol. The van der Waals surface area contributed by atoms with Gasteiger partial charge in [-0.2, -0.15) is 0 Å². The third-order valence-corrected chi connectivity index (χ3v) is 5.94. The van der Waals surface area contributed by atoms with Gasteiger partial charge in [-0.25, -0.2) is 14.2 Å². The Morgan fingerprint density at radius 2 is 1.98 bits per heavy atom. The number of carboxylic acid groups (broad SMARTS) is 1. The van der Waals surface area contributed by atoms with E-state index in [4.69, 9.17) is 5.11 Å². The number of fused-ring (bicyclic) bond motifs is 1. The fourth-order valence-electron chi connectivity index (χ4n) is 4.13. The number of H-pyrrole nitrogens is 1. The van der Waals surface area contributed by atoms with Crippen LogP contribution in [0.1, 0.15) is 45.0 Å². The Bertz CT molecular complexity index is 1480. The van der Waals surface area contributed by atoms with Crippen molar-refractivity contribution in [2.45, 2.75) is 52.6 Å². The van der Waals surface area contributed by atoms with Gasteiger partial charge in [-0.1, -0.05) is 26.8 Å². The number of hydrogen-bond donors (Lipinski definition) is 4. The monoisotopic (exact) mass is 554 g/mol. The van der Waals surface area contributed by atoms with E-state index in [1.165, 1.54) is 39.9 Å². The van der Waals surface area contributed by atoms with Gasteiger partial charge in [-0.05, 0) is 60.6 Å². The van der Waals surface area contributed by atoms with Crippen molar-refractivity contribution in [3.05, 3.63) is 70.2 Å². The Morgan fingerprint density at radius 1 is 1.25 bits per heavy atom. The van der Waals surface area contributed by atoms with E-state index in [1.54, 1.807) is 26.2 Å². The molecule has 3 rings (SSSR count). The van der Waals surface area contributed by atoms with Gasteiger partial charge in [0.2, 0.25) is 11.8 Å². The van der Waals surface area contributed by atoms with Crippen molar-refractivity contribution in [3.8, 4) is 0 Å². The van der Waals surface area contributed by atoms with E-state index in [2.05, 4.69) is 41.4 Å². The predicted molar refractivity (Wildman–Crippen MR) is 150 cm³/mol. The van der Waals surface area contributed by atoms with E-state index in [0.717, 1.165) is 5.56 Å². The number of aromatic nitrogens is 3. The summed E-state index contributed by atoms with van der Waals surface area (Å²) >= 11 is 0. The number of anilines is 1. The van der Waals surface area contributed by atoms with Crippen LogP contribution in [0.15, 0.2) is 47.4 Å². The molecule has 0 saturated carbocycles. The molecule has 1 unspecified atom stereocenters. The first-order valence-corrected chi connectivity index (χ1v) is 12.8. The van der Waals surface area contributed by atoms with Crippen LogP contribution in [0.2, 0.25) is 0 Å². The zero-order chi connectivity index (χ0) is 29.6. The van der Waals surface area contributed by atoms with E-state index in [-0.39, 0.29) is 42.2 Å². The second-order valence-electron chi connectivity index (χ2n) is 10.9. The molecular formula is C28H35FN6O5. The number of benzene rings is 1. The van der Waals surface area contributed by atoms with Crippen LogP contribution in [0.25, 0.3) is 11.0 Å². The first kappa shape index (κ1) is 30.1. The van der Waals surface area contributed by atoms with Gasteiger partial charge in [0.25, 0.3) is 5.56 Å². The van der Waals surface area contributed by atoms with E-state index in [0.29, 0.717) is 23.3 Å². The number of rotatable bonds is 10. The Hall–Kier alpha value is -4.48. The second kappa shape index (κ2) is 12.6. The van der Waals surface area contributed by atoms with Crippen LogP contribution in [0, 0.1) is 11.2 Å². The molecule has 1 atom stereocenters.